The van der Waals surface area contributed by atoms with E-state index in [0.717, 1.165) is 30.4 Å². The minimum Gasteiger partial charge on any atom is -0.423 e. The van der Waals surface area contributed by atoms with E-state index in [1.807, 2.05) is 32.0 Å². The zero-order valence-electron chi connectivity index (χ0n) is 17.0. The predicted molar refractivity (Wildman–Crippen MR) is 110 cm³/mol. The Hall–Kier alpha value is -2.95. The van der Waals surface area contributed by atoms with Gasteiger partial charge in [-0.05, 0) is 86.6 Å². The summed E-state index contributed by atoms with van der Waals surface area (Å²) in [6, 6.07) is 12.1. The van der Waals surface area contributed by atoms with Crippen molar-refractivity contribution in [2.75, 3.05) is 4.90 Å². The van der Waals surface area contributed by atoms with Crippen molar-refractivity contribution in [1.29, 1.82) is 0 Å². The highest BCUT2D eigenvalue weighted by molar-refractivity contribution is 6.22. The number of aryl methyl sites for hydroxylation is 2. The highest BCUT2D eigenvalue weighted by Crippen LogP contribution is 2.42. The molecule has 0 radical (unpaired) electrons. The lowest BCUT2D eigenvalue weighted by molar-refractivity contribution is -0.122. The largest absolute Gasteiger partial charge is 0.423 e. The lowest BCUT2D eigenvalue weighted by atomic mass is 9.76. The fourth-order valence-electron chi connectivity index (χ4n) is 4.55. The van der Waals surface area contributed by atoms with E-state index in [9.17, 15) is 14.4 Å². The number of benzene rings is 2. The molecule has 2 amide bonds. The van der Waals surface area contributed by atoms with Crippen LogP contribution in [0.15, 0.2) is 42.5 Å². The molecule has 2 aliphatic rings. The van der Waals surface area contributed by atoms with Crippen LogP contribution >= 0.6 is 0 Å². The second kappa shape index (κ2) is 7.47. The molecule has 5 heteroatoms. The first-order valence-corrected chi connectivity index (χ1v) is 10.1. The number of fused-ring (bicyclic) bond motifs is 1. The zero-order valence-corrected chi connectivity index (χ0v) is 17.0. The van der Waals surface area contributed by atoms with Crippen molar-refractivity contribution in [1.82, 2.24) is 0 Å². The Morgan fingerprint density at radius 3 is 2.21 bits per heavy atom. The van der Waals surface area contributed by atoms with E-state index in [1.165, 1.54) is 4.90 Å². The van der Waals surface area contributed by atoms with Gasteiger partial charge in [-0.2, -0.15) is 0 Å². The van der Waals surface area contributed by atoms with Gasteiger partial charge in [0, 0.05) is 0 Å². The van der Waals surface area contributed by atoms with E-state index >= 15 is 0 Å². The van der Waals surface area contributed by atoms with Crippen molar-refractivity contribution < 1.29 is 19.1 Å². The van der Waals surface area contributed by atoms with Crippen LogP contribution in [-0.2, 0) is 9.59 Å². The molecule has 1 heterocycles. The van der Waals surface area contributed by atoms with E-state index in [-0.39, 0.29) is 23.7 Å². The summed E-state index contributed by atoms with van der Waals surface area (Å²) in [6.45, 7) is 6.02. The van der Waals surface area contributed by atoms with Crippen LogP contribution in [0, 0.1) is 31.6 Å². The van der Waals surface area contributed by atoms with Crippen molar-refractivity contribution in [2.24, 2.45) is 17.8 Å². The molecular formula is C24H25NO4. The molecule has 0 unspecified atom stereocenters. The zero-order chi connectivity index (χ0) is 20.7. The fourth-order valence-corrected chi connectivity index (χ4v) is 4.55. The number of amides is 2. The summed E-state index contributed by atoms with van der Waals surface area (Å²) in [4.78, 5) is 39.4. The second-order valence-electron chi connectivity index (χ2n) is 8.40. The van der Waals surface area contributed by atoms with Gasteiger partial charge in [0.2, 0.25) is 11.8 Å². The minimum atomic E-state index is -0.469. The average Bonchev–Trinajstić information content (AvgIpc) is 2.91. The Labute approximate surface area is 170 Å². The first-order valence-electron chi connectivity index (χ1n) is 10.1. The standard InChI is InChI=1S/C24H25NO4/c1-14-4-9-20-21(13-14)23(27)25(22(20)26)18-7-5-17(6-8-18)24(28)29-19-11-15(2)10-16(3)12-19/h5-8,10-12,14,20-21H,4,9,13H2,1-3H3/t14-,20-,21+/m1/s1. The van der Waals surface area contributed by atoms with Crippen LogP contribution in [-0.4, -0.2) is 17.8 Å². The molecule has 1 aliphatic heterocycles. The summed E-state index contributed by atoms with van der Waals surface area (Å²) in [6.07, 6.45) is 2.52. The summed E-state index contributed by atoms with van der Waals surface area (Å²) < 4.78 is 5.47. The topological polar surface area (TPSA) is 63.7 Å². The molecule has 1 aliphatic carbocycles. The number of rotatable bonds is 3. The van der Waals surface area contributed by atoms with Gasteiger partial charge in [0.25, 0.3) is 0 Å². The van der Waals surface area contributed by atoms with Crippen LogP contribution in [0.3, 0.4) is 0 Å². The van der Waals surface area contributed by atoms with Gasteiger partial charge in [0.05, 0.1) is 23.1 Å². The number of carbonyl (C=O) groups is 3. The maximum absolute atomic E-state index is 12.8. The number of anilines is 1. The first kappa shape index (κ1) is 19.4. The van der Waals surface area contributed by atoms with Crippen LogP contribution in [0.4, 0.5) is 5.69 Å². The van der Waals surface area contributed by atoms with Gasteiger partial charge in [0.1, 0.15) is 5.75 Å². The Bertz CT molecular complexity index is 959. The van der Waals surface area contributed by atoms with Crippen LogP contribution < -0.4 is 9.64 Å². The van der Waals surface area contributed by atoms with Crippen LogP contribution in [0.5, 0.6) is 5.75 Å². The van der Waals surface area contributed by atoms with E-state index in [1.54, 1.807) is 24.3 Å². The van der Waals surface area contributed by atoms with Crippen molar-refractivity contribution >= 4 is 23.5 Å². The van der Waals surface area contributed by atoms with E-state index in [0.29, 0.717) is 22.9 Å². The normalized spacial score (nSPS) is 23.8. The first-order chi connectivity index (χ1) is 13.8. The molecule has 4 rings (SSSR count). The van der Waals surface area contributed by atoms with E-state index in [4.69, 9.17) is 4.74 Å². The predicted octanol–water partition coefficient (Wildman–Crippen LogP) is 4.45. The van der Waals surface area contributed by atoms with E-state index in [2.05, 4.69) is 6.92 Å². The molecule has 2 aromatic rings. The maximum atomic E-state index is 12.8. The molecular weight excluding hydrogens is 366 g/mol. The average molecular weight is 391 g/mol. The number of carbonyl (C=O) groups excluding carboxylic acids is 3. The SMILES string of the molecule is Cc1cc(C)cc(OC(=O)c2ccc(N3C(=O)[C@H]4C[C@H](C)CC[C@H]4C3=O)cc2)c1. The summed E-state index contributed by atoms with van der Waals surface area (Å²) in [5, 5.41) is 0. The summed E-state index contributed by atoms with van der Waals surface area (Å²) >= 11 is 0. The lowest BCUT2D eigenvalue weighted by Gasteiger charge is -2.25. The molecule has 3 atom stereocenters. The molecule has 29 heavy (non-hydrogen) atoms. The van der Waals surface area contributed by atoms with Gasteiger partial charge in [-0.25, -0.2) is 4.79 Å². The van der Waals surface area contributed by atoms with Gasteiger partial charge in [-0.3, -0.25) is 14.5 Å². The number of imide groups is 1. The van der Waals surface area contributed by atoms with Gasteiger partial charge >= 0.3 is 5.97 Å². The van der Waals surface area contributed by atoms with Crippen LogP contribution in [0.1, 0.15) is 47.7 Å². The minimum absolute atomic E-state index is 0.113. The van der Waals surface area contributed by atoms with Gasteiger partial charge in [-0.15, -0.1) is 0 Å². The molecule has 0 aromatic heterocycles. The Morgan fingerprint density at radius 1 is 0.931 bits per heavy atom. The molecule has 0 N–H and O–H groups in total. The van der Waals surface area contributed by atoms with Gasteiger partial charge in [-0.1, -0.05) is 13.0 Å². The molecule has 1 saturated heterocycles. The molecule has 2 aromatic carbocycles. The van der Waals surface area contributed by atoms with Gasteiger partial charge in [0.15, 0.2) is 0 Å². The molecule has 5 nitrogen and oxygen atoms in total. The van der Waals surface area contributed by atoms with Gasteiger partial charge < -0.3 is 4.74 Å². The highest BCUT2D eigenvalue weighted by Gasteiger charge is 2.49. The number of nitrogens with zero attached hydrogens (tertiary/aromatic N) is 1. The van der Waals surface area contributed by atoms with Crippen LogP contribution in [0.25, 0.3) is 0 Å². The lowest BCUT2D eigenvalue weighted by Crippen LogP contribution is -2.30. The Kier molecular flexibility index (Phi) is 4.99. The third-order valence-corrected chi connectivity index (χ3v) is 5.95. The second-order valence-corrected chi connectivity index (χ2v) is 8.40. The number of ether oxygens (including phenoxy) is 1. The van der Waals surface area contributed by atoms with Crippen molar-refractivity contribution in [2.45, 2.75) is 40.0 Å². The summed E-state index contributed by atoms with van der Waals surface area (Å²) in [5.41, 5.74) is 2.93. The Balaban J connectivity index is 1.51. The van der Waals surface area contributed by atoms with Crippen LogP contribution in [0.2, 0.25) is 0 Å². The quantitative estimate of drug-likeness (QED) is 0.441. The molecule has 0 bridgehead atoms. The summed E-state index contributed by atoms with van der Waals surface area (Å²) in [7, 11) is 0. The molecule has 1 saturated carbocycles. The van der Waals surface area contributed by atoms with Crippen molar-refractivity contribution in [3.63, 3.8) is 0 Å². The highest BCUT2D eigenvalue weighted by atomic mass is 16.5. The summed E-state index contributed by atoms with van der Waals surface area (Å²) in [5.74, 6) is -0.138. The smallest absolute Gasteiger partial charge is 0.343 e. The third-order valence-electron chi connectivity index (χ3n) is 5.95. The molecule has 2 fully saturated rings. The molecule has 150 valence electrons. The Morgan fingerprint density at radius 2 is 1.55 bits per heavy atom. The van der Waals surface area contributed by atoms with Crippen molar-refractivity contribution in [3.05, 3.63) is 59.2 Å². The number of hydrogen-bond acceptors (Lipinski definition) is 4. The third kappa shape index (κ3) is 3.69. The number of hydrogen-bond donors (Lipinski definition) is 0. The fraction of sp³-hybridized carbons (Fsp3) is 0.375. The van der Waals surface area contributed by atoms with Crippen molar-refractivity contribution in [3.8, 4) is 5.75 Å². The number of esters is 1. The monoisotopic (exact) mass is 391 g/mol. The maximum Gasteiger partial charge on any atom is 0.343 e. The molecule has 0 spiro atoms. The van der Waals surface area contributed by atoms with E-state index < -0.39 is 5.97 Å².